The number of para-hydroxylation sites is 1. The SMILES string of the molecule is S=C(Nc1ccccc1)N(Cc1ccccc1)Cc1ccccc1. The van der Waals surface area contributed by atoms with Gasteiger partial charge >= 0.3 is 0 Å². The van der Waals surface area contributed by atoms with E-state index in [0.717, 1.165) is 23.9 Å². The fraction of sp³-hybridized carbons (Fsp3) is 0.0952. The minimum Gasteiger partial charge on any atom is -0.340 e. The first-order valence-electron chi connectivity index (χ1n) is 8.00. The summed E-state index contributed by atoms with van der Waals surface area (Å²) in [6, 6.07) is 30.9. The average molecular weight is 332 g/mol. The second-order valence-electron chi connectivity index (χ2n) is 5.62. The van der Waals surface area contributed by atoms with Crippen molar-refractivity contribution in [1.82, 2.24) is 4.90 Å². The minimum absolute atomic E-state index is 0.730. The lowest BCUT2D eigenvalue weighted by Crippen LogP contribution is -2.33. The van der Waals surface area contributed by atoms with Gasteiger partial charge in [0.25, 0.3) is 0 Å². The molecule has 0 saturated heterocycles. The second kappa shape index (κ2) is 8.27. The van der Waals surface area contributed by atoms with Gasteiger partial charge in [-0.15, -0.1) is 0 Å². The largest absolute Gasteiger partial charge is 0.340 e. The molecule has 3 heteroatoms. The Kier molecular flexibility index (Phi) is 5.59. The molecular formula is C21H20N2S. The van der Waals surface area contributed by atoms with Gasteiger partial charge in [-0.25, -0.2) is 0 Å². The van der Waals surface area contributed by atoms with Gasteiger partial charge in [0.05, 0.1) is 0 Å². The molecule has 1 N–H and O–H groups in total. The van der Waals surface area contributed by atoms with Crippen LogP contribution < -0.4 is 5.32 Å². The highest BCUT2D eigenvalue weighted by Crippen LogP contribution is 2.13. The summed E-state index contributed by atoms with van der Waals surface area (Å²) in [4.78, 5) is 2.19. The highest BCUT2D eigenvalue weighted by atomic mass is 32.1. The van der Waals surface area contributed by atoms with Crippen LogP contribution in [0.3, 0.4) is 0 Å². The number of hydrogen-bond acceptors (Lipinski definition) is 1. The van der Waals surface area contributed by atoms with Gasteiger partial charge < -0.3 is 10.2 Å². The van der Waals surface area contributed by atoms with Crippen LogP contribution in [-0.2, 0) is 13.1 Å². The number of rotatable bonds is 5. The van der Waals surface area contributed by atoms with Crippen LogP contribution in [0.5, 0.6) is 0 Å². The summed E-state index contributed by atoms with van der Waals surface area (Å²) in [7, 11) is 0. The summed E-state index contributed by atoms with van der Waals surface area (Å²) in [6.45, 7) is 1.54. The summed E-state index contributed by atoms with van der Waals surface area (Å²) < 4.78 is 0. The first-order chi connectivity index (χ1) is 11.8. The van der Waals surface area contributed by atoms with E-state index in [1.54, 1.807) is 0 Å². The molecule has 0 spiro atoms. The molecule has 0 heterocycles. The van der Waals surface area contributed by atoms with Crippen molar-refractivity contribution in [2.45, 2.75) is 13.1 Å². The van der Waals surface area contributed by atoms with E-state index in [2.05, 4.69) is 58.7 Å². The molecule has 3 aromatic rings. The number of anilines is 1. The monoisotopic (exact) mass is 332 g/mol. The Morgan fingerprint density at radius 2 is 1.08 bits per heavy atom. The van der Waals surface area contributed by atoms with Gasteiger partial charge in [-0.05, 0) is 35.5 Å². The van der Waals surface area contributed by atoms with Crippen LogP contribution in [0.25, 0.3) is 0 Å². The van der Waals surface area contributed by atoms with Gasteiger partial charge in [0.2, 0.25) is 0 Å². The maximum Gasteiger partial charge on any atom is 0.174 e. The lowest BCUT2D eigenvalue weighted by Gasteiger charge is -2.26. The Balaban J connectivity index is 1.76. The molecule has 3 rings (SSSR count). The normalized spacial score (nSPS) is 10.2. The molecular weight excluding hydrogens is 312 g/mol. The number of hydrogen-bond donors (Lipinski definition) is 1. The first-order valence-corrected chi connectivity index (χ1v) is 8.41. The third kappa shape index (κ3) is 4.67. The summed E-state index contributed by atoms with van der Waals surface area (Å²) >= 11 is 5.67. The lowest BCUT2D eigenvalue weighted by atomic mass is 10.2. The van der Waals surface area contributed by atoms with E-state index in [0.29, 0.717) is 0 Å². The van der Waals surface area contributed by atoms with Gasteiger partial charge in [-0.3, -0.25) is 0 Å². The predicted molar refractivity (Wildman–Crippen MR) is 105 cm³/mol. The van der Waals surface area contributed by atoms with Crippen LogP contribution >= 0.6 is 12.2 Å². The molecule has 0 atom stereocenters. The van der Waals surface area contributed by atoms with Crippen molar-refractivity contribution < 1.29 is 0 Å². The Bertz CT molecular complexity index is 716. The molecule has 0 aliphatic rings. The second-order valence-corrected chi connectivity index (χ2v) is 6.01. The molecule has 0 aliphatic heterocycles. The minimum atomic E-state index is 0.730. The molecule has 0 aliphatic carbocycles. The third-order valence-electron chi connectivity index (χ3n) is 3.74. The molecule has 0 radical (unpaired) electrons. The molecule has 0 aromatic heterocycles. The standard InChI is InChI=1S/C21H20N2S/c24-21(22-20-14-8-3-9-15-20)23(16-18-10-4-1-5-11-18)17-19-12-6-2-7-13-19/h1-15H,16-17H2,(H,22,24). The molecule has 2 nitrogen and oxygen atoms in total. The Morgan fingerprint density at radius 3 is 1.54 bits per heavy atom. The lowest BCUT2D eigenvalue weighted by molar-refractivity contribution is 0.413. The summed E-state index contributed by atoms with van der Waals surface area (Å²) in [5.74, 6) is 0. The average Bonchev–Trinajstić information content (AvgIpc) is 2.64. The fourth-order valence-corrected chi connectivity index (χ4v) is 2.78. The van der Waals surface area contributed by atoms with Gasteiger partial charge in [0.15, 0.2) is 5.11 Å². The highest BCUT2D eigenvalue weighted by molar-refractivity contribution is 7.80. The van der Waals surface area contributed by atoms with Crippen molar-refractivity contribution in [2.24, 2.45) is 0 Å². The van der Waals surface area contributed by atoms with Crippen LogP contribution in [0.4, 0.5) is 5.69 Å². The van der Waals surface area contributed by atoms with Crippen LogP contribution in [0, 0.1) is 0 Å². The summed E-state index contributed by atoms with van der Waals surface area (Å²) in [5.41, 5.74) is 3.49. The maximum absolute atomic E-state index is 5.67. The molecule has 120 valence electrons. The molecule has 0 saturated carbocycles. The molecule has 0 bridgehead atoms. The zero-order chi connectivity index (χ0) is 16.6. The van der Waals surface area contributed by atoms with E-state index < -0.39 is 0 Å². The highest BCUT2D eigenvalue weighted by Gasteiger charge is 2.11. The Morgan fingerprint density at radius 1 is 0.667 bits per heavy atom. The van der Waals surface area contributed by atoms with Crippen molar-refractivity contribution >= 4 is 23.0 Å². The van der Waals surface area contributed by atoms with Crippen LogP contribution in [0.1, 0.15) is 11.1 Å². The topological polar surface area (TPSA) is 15.3 Å². The maximum atomic E-state index is 5.67. The number of thiocarbonyl (C=S) groups is 1. The van der Waals surface area contributed by atoms with Gasteiger partial charge in [-0.2, -0.15) is 0 Å². The predicted octanol–water partition coefficient (Wildman–Crippen LogP) is 5.09. The summed E-state index contributed by atoms with van der Waals surface area (Å²) in [5, 5.41) is 4.07. The van der Waals surface area contributed by atoms with Gasteiger partial charge in [-0.1, -0.05) is 78.9 Å². The van der Waals surface area contributed by atoms with E-state index in [4.69, 9.17) is 12.2 Å². The smallest absolute Gasteiger partial charge is 0.174 e. The quantitative estimate of drug-likeness (QED) is 0.656. The first kappa shape index (κ1) is 16.2. The van der Waals surface area contributed by atoms with E-state index in [9.17, 15) is 0 Å². The number of nitrogens with zero attached hydrogens (tertiary/aromatic N) is 1. The van der Waals surface area contributed by atoms with E-state index in [-0.39, 0.29) is 0 Å². The molecule has 0 amide bonds. The Labute approximate surface area is 148 Å². The number of nitrogens with one attached hydrogen (secondary N) is 1. The zero-order valence-electron chi connectivity index (χ0n) is 13.4. The van der Waals surface area contributed by atoms with Crippen molar-refractivity contribution in [3.05, 3.63) is 102 Å². The van der Waals surface area contributed by atoms with Crippen LogP contribution in [0.2, 0.25) is 0 Å². The van der Waals surface area contributed by atoms with Crippen molar-refractivity contribution in [3.8, 4) is 0 Å². The van der Waals surface area contributed by atoms with Crippen molar-refractivity contribution in [2.75, 3.05) is 5.32 Å². The van der Waals surface area contributed by atoms with Crippen LogP contribution in [-0.4, -0.2) is 10.0 Å². The van der Waals surface area contributed by atoms with Gasteiger partial charge in [0, 0.05) is 18.8 Å². The Hall–Kier alpha value is -2.65. The molecule has 24 heavy (non-hydrogen) atoms. The summed E-state index contributed by atoms with van der Waals surface area (Å²) in [6.07, 6.45) is 0. The molecule has 0 fully saturated rings. The van der Waals surface area contributed by atoms with Crippen molar-refractivity contribution in [1.29, 1.82) is 0 Å². The van der Waals surface area contributed by atoms with Gasteiger partial charge in [0.1, 0.15) is 0 Å². The third-order valence-corrected chi connectivity index (χ3v) is 4.11. The van der Waals surface area contributed by atoms with E-state index >= 15 is 0 Å². The van der Waals surface area contributed by atoms with E-state index in [1.807, 2.05) is 42.5 Å². The van der Waals surface area contributed by atoms with Crippen molar-refractivity contribution in [3.63, 3.8) is 0 Å². The van der Waals surface area contributed by atoms with E-state index in [1.165, 1.54) is 11.1 Å². The van der Waals surface area contributed by atoms with Crippen LogP contribution in [0.15, 0.2) is 91.0 Å². The molecule has 3 aromatic carbocycles. The zero-order valence-corrected chi connectivity index (χ0v) is 14.2. The fourth-order valence-electron chi connectivity index (χ4n) is 2.53. The number of benzene rings is 3. The molecule has 0 unspecified atom stereocenters.